The van der Waals surface area contributed by atoms with Crippen molar-refractivity contribution in [2.45, 2.75) is 75.7 Å². The average Bonchev–Trinajstić information content (AvgIpc) is 3.55. The molecule has 0 aromatic heterocycles. The molecule has 3 aliphatic carbocycles. The Bertz CT molecular complexity index is 820. The second-order valence-corrected chi connectivity index (χ2v) is 10.5. The second-order valence-electron chi connectivity index (χ2n) is 10.5. The summed E-state index contributed by atoms with van der Waals surface area (Å²) in [7, 11) is 0. The molecular weight excluding hydrogens is 348 g/mol. The first-order valence-electron chi connectivity index (χ1n) is 11.0. The van der Waals surface area contributed by atoms with E-state index in [0.717, 1.165) is 25.9 Å². The lowest BCUT2D eigenvalue weighted by Crippen LogP contribution is -2.58. The van der Waals surface area contributed by atoms with Crippen molar-refractivity contribution in [2.75, 3.05) is 13.1 Å². The Morgan fingerprint density at radius 3 is 2.32 bits per heavy atom. The second kappa shape index (κ2) is 5.84. The van der Waals surface area contributed by atoms with Gasteiger partial charge in [0.15, 0.2) is 0 Å². The lowest BCUT2D eigenvalue weighted by atomic mass is 9.68. The highest BCUT2D eigenvalue weighted by molar-refractivity contribution is 5.82. The zero-order chi connectivity index (χ0) is 19.7. The zero-order valence-corrected chi connectivity index (χ0v) is 17.4. The first kappa shape index (κ1) is 18.2. The minimum atomic E-state index is -0.192. The molecule has 0 bridgehead atoms. The van der Waals surface area contributed by atoms with Gasteiger partial charge in [0.2, 0.25) is 11.8 Å². The summed E-state index contributed by atoms with van der Waals surface area (Å²) in [6, 6.07) is 9.30. The smallest absolute Gasteiger partial charge is 0.225 e. The summed E-state index contributed by atoms with van der Waals surface area (Å²) >= 11 is 0. The van der Waals surface area contributed by atoms with Gasteiger partial charge in [-0.2, -0.15) is 0 Å². The molecule has 1 heterocycles. The van der Waals surface area contributed by atoms with Gasteiger partial charge in [0.05, 0.1) is 0 Å². The molecule has 1 N–H and O–H groups in total. The van der Waals surface area contributed by atoms with Crippen LogP contribution in [0.25, 0.3) is 0 Å². The number of likely N-dealkylation sites (tertiary alicyclic amines) is 1. The van der Waals surface area contributed by atoms with Crippen LogP contribution < -0.4 is 5.32 Å². The van der Waals surface area contributed by atoms with E-state index in [1.54, 1.807) is 0 Å². The minimum Gasteiger partial charge on any atom is -0.351 e. The maximum atomic E-state index is 13.0. The number of benzene rings is 1. The molecule has 3 saturated carbocycles. The van der Waals surface area contributed by atoms with E-state index in [0.29, 0.717) is 23.7 Å². The van der Waals surface area contributed by atoms with Crippen molar-refractivity contribution < 1.29 is 9.59 Å². The van der Waals surface area contributed by atoms with Gasteiger partial charge in [-0.1, -0.05) is 38.1 Å². The summed E-state index contributed by atoms with van der Waals surface area (Å²) < 4.78 is 0. The number of rotatable bonds is 5. The van der Waals surface area contributed by atoms with Crippen molar-refractivity contribution in [1.29, 1.82) is 0 Å². The topological polar surface area (TPSA) is 49.4 Å². The highest BCUT2D eigenvalue weighted by Gasteiger charge is 2.62. The van der Waals surface area contributed by atoms with Crippen molar-refractivity contribution in [1.82, 2.24) is 10.2 Å². The van der Waals surface area contributed by atoms with Gasteiger partial charge >= 0.3 is 0 Å². The van der Waals surface area contributed by atoms with E-state index >= 15 is 0 Å². The number of carbonyl (C=O) groups excluding carboxylic acids is 2. The van der Waals surface area contributed by atoms with E-state index in [4.69, 9.17) is 0 Å². The molecular formula is C24H32N2O2. The van der Waals surface area contributed by atoms with Gasteiger partial charge in [0.1, 0.15) is 0 Å². The molecule has 5 rings (SSSR count). The zero-order valence-electron chi connectivity index (χ0n) is 17.4. The van der Waals surface area contributed by atoms with Crippen LogP contribution in [-0.2, 0) is 20.4 Å². The van der Waals surface area contributed by atoms with Crippen LogP contribution in [0.15, 0.2) is 24.3 Å². The van der Waals surface area contributed by atoms with E-state index in [9.17, 15) is 9.59 Å². The van der Waals surface area contributed by atoms with Gasteiger partial charge in [-0.15, -0.1) is 0 Å². The highest BCUT2D eigenvalue weighted by atomic mass is 16.2. The van der Waals surface area contributed by atoms with Gasteiger partial charge in [-0.3, -0.25) is 9.59 Å². The molecule has 150 valence electrons. The fourth-order valence-electron chi connectivity index (χ4n) is 5.77. The summed E-state index contributed by atoms with van der Waals surface area (Å²) in [5, 5.41) is 3.08. The quantitative estimate of drug-likeness (QED) is 0.849. The third kappa shape index (κ3) is 2.79. The van der Waals surface area contributed by atoms with E-state index in [1.807, 2.05) is 6.92 Å². The average molecular weight is 381 g/mol. The Morgan fingerprint density at radius 2 is 1.71 bits per heavy atom. The Balaban J connectivity index is 1.21. The number of nitrogens with zero attached hydrogens (tertiary/aromatic N) is 1. The standard InChI is InChI=1S/C24H32N2O2/c1-4-20(27)25-23(3)11-16(12-23)21(28)26-14-19-13-24(19,15-26)18-7-5-17(6-8-18)22(2)9-10-22/h5-8,16,19H,4,9-15H2,1-3H3,(H,25,27)/t16-,19?,23+,24?. The van der Waals surface area contributed by atoms with Crippen LogP contribution in [0.2, 0.25) is 0 Å². The van der Waals surface area contributed by atoms with E-state index in [1.165, 1.54) is 30.4 Å². The van der Waals surface area contributed by atoms with Crippen molar-refractivity contribution in [2.24, 2.45) is 11.8 Å². The number of carbonyl (C=O) groups is 2. The maximum absolute atomic E-state index is 13.0. The summed E-state index contributed by atoms with van der Waals surface area (Å²) in [6.45, 7) is 8.07. The van der Waals surface area contributed by atoms with E-state index in [2.05, 4.69) is 48.3 Å². The van der Waals surface area contributed by atoms with Crippen LogP contribution in [0.5, 0.6) is 0 Å². The van der Waals surface area contributed by atoms with Gasteiger partial charge in [0.25, 0.3) is 0 Å². The van der Waals surface area contributed by atoms with Gasteiger partial charge in [-0.25, -0.2) is 0 Å². The Hall–Kier alpha value is -1.84. The third-order valence-corrected chi connectivity index (χ3v) is 8.12. The molecule has 4 fully saturated rings. The molecule has 1 aliphatic heterocycles. The molecule has 1 aromatic carbocycles. The summed E-state index contributed by atoms with van der Waals surface area (Å²) in [5.74, 6) is 1.09. The van der Waals surface area contributed by atoms with E-state index < -0.39 is 0 Å². The number of amides is 2. The molecule has 1 aromatic rings. The lowest BCUT2D eigenvalue weighted by Gasteiger charge is -2.46. The van der Waals surface area contributed by atoms with Gasteiger partial charge in [0, 0.05) is 36.4 Å². The monoisotopic (exact) mass is 380 g/mol. The first-order chi connectivity index (χ1) is 13.3. The van der Waals surface area contributed by atoms with Crippen molar-refractivity contribution in [3.8, 4) is 0 Å². The van der Waals surface area contributed by atoms with Gasteiger partial charge in [-0.05, 0) is 61.5 Å². The molecule has 2 amide bonds. The third-order valence-electron chi connectivity index (χ3n) is 8.12. The number of piperidine rings is 1. The number of fused-ring (bicyclic) bond motifs is 1. The molecule has 4 heteroatoms. The van der Waals surface area contributed by atoms with Crippen LogP contribution in [0.1, 0.15) is 70.4 Å². The highest BCUT2D eigenvalue weighted by Crippen LogP contribution is 2.60. The SMILES string of the molecule is CCC(=O)N[C@]1(C)C[C@H](C(=O)N2CC3CC3(c3ccc(C4(C)CC4)cc3)C2)C1. The number of hydrogen-bond donors (Lipinski definition) is 1. The summed E-state index contributed by atoms with van der Waals surface area (Å²) in [6.07, 6.45) is 5.89. The van der Waals surface area contributed by atoms with Crippen molar-refractivity contribution in [3.63, 3.8) is 0 Å². The van der Waals surface area contributed by atoms with Crippen LogP contribution >= 0.6 is 0 Å². The molecule has 0 spiro atoms. The lowest BCUT2D eigenvalue weighted by molar-refractivity contribution is -0.142. The van der Waals surface area contributed by atoms with Crippen LogP contribution in [0.4, 0.5) is 0 Å². The molecule has 0 radical (unpaired) electrons. The molecule has 28 heavy (non-hydrogen) atoms. The molecule has 4 nitrogen and oxygen atoms in total. The van der Waals surface area contributed by atoms with Crippen molar-refractivity contribution in [3.05, 3.63) is 35.4 Å². The molecule has 4 aliphatic rings. The fraction of sp³-hybridized carbons (Fsp3) is 0.667. The fourth-order valence-corrected chi connectivity index (χ4v) is 5.77. The van der Waals surface area contributed by atoms with Crippen LogP contribution in [-0.4, -0.2) is 35.3 Å². The Kier molecular flexibility index (Phi) is 3.80. The first-order valence-corrected chi connectivity index (χ1v) is 11.0. The predicted octanol–water partition coefficient (Wildman–Crippen LogP) is 3.53. The van der Waals surface area contributed by atoms with E-state index in [-0.39, 0.29) is 22.8 Å². The van der Waals surface area contributed by atoms with Crippen LogP contribution in [0.3, 0.4) is 0 Å². The van der Waals surface area contributed by atoms with Crippen molar-refractivity contribution >= 4 is 11.8 Å². The number of nitrogens with one attached hydrogen (secondary N) is 1. The minimum absolute atomic E-state index is 0.0777. The van der Waals surface area contributed by atoms with Crippen LogP contribution in [0, 0.1) is 11.8 Å². The molecule has 2 atom stereocenters. The number of hydrogen-bond acceptors (Lipinski definition) is 2. The largest absolute Gasteiger partial charge is 0.351 e. The maximum Gasteiger partial charge on any atom is 0.225 e. The normalized spacial score (nSPS) is 37.0. The Morgan fingerprint density at radius 1 is 1.07 bits per heavy atom. The van der Waals surface area contributed by atoms with Gasteiger partial charge < -0.3 is 10.2 Å². The summed E-state index contributed by atoms with van der Waals surface area (Å²) in [5.41, 5.74) is 3.33. The predicted molar refractivity (Wildman–Crippen MR) is 109 cm³/mol. The summed E-state index contributed by atoms with van der Waals surface area (Å²) in [4.78, 5) is 26.8. The Labute approximate surface area is 168 Å². The molecule has 2 unspecified atom stereocenters. The molecule has 1 saturated heterocycles.